The Labute approximate surface area is 127 Å². The minimum atomic E-state index is -0.451. The van der Waals surface area contributed by atoms with Crippen LogP contribution in [0.15, 0.2) is 42.5 Å². The van der Waals surface area contributed by atoms with E-state index in [0.717, 1.165) is 5.56 Å². The zero-order chi connectivity index (χ0) is 13.4. The molecule has 0 saturated heterocycles. The normalized spacial score (nSPS) is 9.39. The predicted molar refractivity (Wildman–Crippen MR) is 69.9 cm³/mol. The van der Waals surface area contributed by atoms with Crippen molar-refractivity contribution in [2.24, 2.45) is 0 Å². The molecule has 18 heavy (non-hydrogen) atoms. The molecule has 2 aromatic rings. The average molecular weight is 381 g/mol. The van der Waals surface area contributed by atoms with Crippen LogP contribution in [0.5, 0.6) is 5.75 Å². The topological polar surface area (TPSA) is 9.23 Å². The number of ether oxygens (including phenoxy) is 1. The number of hydrogen-bond acceptors (Lipinski definition) is 1. The summed E-state index contributed by atoms with van der Waals surface area (Å²) in [5.41, 5.74) is 0.918. The van der Waals surface area contributed by atoms with Crippen LogP contribution in [0.1, 0.15) is 5.56 Å². The van der Waals surface area contributed by atoms with Crippen LogP contribution in [0.3, 0.4) is 0 Å². The minimum absolute atomic E-state index is 0.0908. The van der Waals surface area contributed by atoms with Crippen LogP contribution >= 0.6 is 25.2 Å². The van der Waals surface area contributed by atoms with E-state index in [1.165, 1.54) is 22.4 Å². The van der Waals surface area contributed by atoms with Crippen molar-refractivity contribution in [3.63, 3.8) is 0 Å². The summed E-state index contributed by atoms with van der Waals surface area (Å²) in [4.78, 5) is 0. The molecule has 0 heterocycles. The zero-order valence-corrected chi connectivity index (χ0v) is 14.8. The van der Waals surface area contributed by atoms with Gasteiger partial charge in [0.15, 0.2) is 11.6 Å². The van der Waals surface area contributed by atoms with Crippen molar-refractivity contribution >= 4 is 25.2 Å². The van der Waals surface area contributed by atoms with Gasteiger partial charge in [-0.3, -0.25) is 0 Å². The number of para-hydroxylation sites is 1. The molecule has 0 spiro atoms. The Bertz CT molecular complexity index is 461. The van der Waals surface area contributed by atoms with Gasteiger partial charge in [-0.15, -0.1) is 5.56 Å². The monoisotopic (exact) mass is 378 g/mol. The first-order chi connectivity index (χ1) is 8.77. The first-order valence-corrected chi connectivity index (χ1v) is 12.4. The van der Waals surface area contributed by atoms with Crippen LogP contribution in [-0.2, 0) is 22.9 Å². The standard InChI is InChI=1S/C13H9ClFO.BrH.Zn/c14-11-7-4-8-12(15)13(11)16-9-10-5-2-1-3-6-10;;/h1-2,4-8H,9H2;1H;/q-1;;+2/p-1. The third kappa shape index (κ3) is 4.68. The summed E-state index contributed by atoms with van der Waals surface area (Å²) in [5, 5.41) is 0.278. The number of rotatable bonds is 3. The molecule has 0 N–H and O–H groups in total. The molecule has 0 aliphatic carbocycles. The van der Waals surface area contributed by atoms with Crippen molar-refractivity contribution in [2.75, 3.05) is 0 Å². The van der Waals surface area contributed by atoms with E-state index in [1.54, 1.807) is 24.3 Å². The van der Waals surface area contributed by atoms with E-state index < -0.39 is 5.82 Å². The van der Waals surface area contributed by atoms with Crippen molar-refractivity contribution in [1.82, 2.24) is 0 Å². The Balaban J connectivity index is 0.000000771. The average Bonchev–Trinajstić information content (AvgIpc) is 2.42. The summed E-state index contributed by atoms with van der Waals surface area (Å²) < 4.78 is 18.7. The molecular formula is C13H9BrClFOZn. The first kappa shape index (κ1) is 15.6. The van der Waals surface area contributed by atoms with Gasteiger partial charge in [-0.05, 0) is 12.1 Å². The van der Waals surface area contributed by atoms with Gasteiger partial charge in [0.2, 0.25) is 0 Å². The van der Waals surface area contributed by atoms with Crippen molar-refractivity contribution in [1.29, 1.82) is 0 Å². The quantitative estimate of drug-likeness (QED) is 0.554. The molecule has 0 radical (unpaired) electrons. The van der Waals surface area contributed by atoms with Gasteiger partial charge in [0.25, 0.3) is 0 Å². The van der Waals surface area contributed by atoms with Gasteiger partial charge < -0.3 is 4.74 Å². The Morgan fingerprint density at radius 2 is 2.06 bits per heavy atom. The second-order valence-electron chi connectivity index (χ2n) is 3.25. The molecule has 90 valence electrons. The van der Waals surface area contributed by atoms with Gasteiger partial charge >= 0.3 is 30.0 Å². The van der Waals surface area contributed by atoms with Crippen molar-refractivity contribution in [3.05, 3.63) is 64.9 Å². The van der Waals surface area contributed by atoms with Crippen molar-refractivity contribution < 1.29 is 25.5 Å². The van der Waals surface area contributed by atoms with Crippen molar-refractivity contribution in [3.8, 4) is 5.75 Å². The van der Waals surface area contributed by atoms with Crippen LogP contribution in [0.4, 0.5) is 4.39 Å². The summed E-state index contributed by atoms with van der Waals surface area (Å²) in [6, 6.07) is 14.7. The second kappa shape index (κ2) is 8.63. The summed E-state index contributed by atoms with van der Waals surface area (Å²) in [6.45, 7) is 0.276. The van der Waals surface area contributed by atoms with E-state index in [2.05, 4.69) is 19.7 Å². The van der Waals surface area contributed by atoms with Gasteiger partial charge in [0.1, 0.15) is 0 Å². The Hall–Kier alpha value is -0.437. The molecule has 0 bridgehead atoms. The molecule has 0 aromatic heterocycles. The molecule has 2 aromatic carbocycles. The van der Waals surface area contributed by atoms with Gasteiger partial charge in [-0.2, -0.15) is 30.3 Å². The second-order valence-corrected chi connectivity index (χ2v) is 3.66. The molecular weight excluding hydrogens is 372 g/mol. The fourth-order valence-corrected chi connectivity index (χ4v) is 1.51. The summed E-state index contributed by atoms with van der Waals surface area (Å²) in [6.07, 6.45) is 0. The van der Waals surface area contributed by atoms with Gasteiger partial charge in [-0.1, -0.05) is 17.7 Å². The van der Waals surface area contributed by atoms with E-state index in [4.69, 9.17) is 16.3 Å². The molecule has 0 fully saturated rings. The van der Waals surface area contributed by atoms with E-state index >= 15 is 0 Å². The first-order valence-electron chi connectivity index (χ1n) is 5.06. The van der Waals surface area contributed by atoms with Crippen LogP contribution < -0.4 is 4.74 Å². The van der Waals surface area contributed by atoms with Crippen LogP contribution in [0.25, 0.3) is 0 Å². The zero-order valence-electron chi connectivity index (χ0n) is 9.50. The van der Waals surface area contributed by atoms with Crippen LogP contribution in [-0.4, -0.2) is 0 Å². The molecule has 1 nitrogen and oxygen atoms in total. The molecule has 0 amide bonds. The van der Waals surface area contributed by atoms with Gasteiger partial charge in [0, 0.05) is 0 Å². The predicted octanol–water partition coefficient (Wildman–Crippen LogP) is 4.70. The van der Waals surface area contributed by atoms with E-state index in [-0.39, 0.29) is 17.4 Å². The van der Waals surface area contributed by atoms with Gasteiger partial charge in [0.05, 0.1) is 11.6 Å². The third-order valence-corrected chi connectivity index (χ3v) is 2.37. The maximum absolute atomic E-state index is 13.3. The number of halogens is 3. The number of hydrogen-bond donors (Lipinski definition) is 0. The molecule has 5 heteroatoms. The Kier molecular flexibility index (Phi) is 7.49. The van der Waals surface area contributed by atoms with Crippen LogP contribution in [0.2, 0.25) is 5.02 Å². The van der Waals surface area contributed by atoms with E-state index in [1.807, 2.05) is 12.1 Å². The summed E-state index contributed by atoms with van der Waals surface area (Å²) >= 11 is 10.1. The van der Waals surface area contributed by atoms with Crippen LogP contribution in [0, 0.1) is 11.9 Å². The summed E-state index contributed by atoms with van der Waals surface area (Å²) in [7, 11) is 0. The van der Waals surface area contributed by atoms with Crippen molar-refractivity contribution in [2.45, 2.75) is 6.61 Å². The maximum atomic E-state index is 13.3. The number of benzene rings is 2. The molecule has 0 saturated carbocycles. The van der Waals surface area contributed by atoms with E-state index in [0.29, 0.717) is 0 Å². The Morgan fingerprint density at radius 3 is 2.67 bits per heavy atom. The van der Waals surface area contributed by atoms with Gasteiger partial charge in [-0.25, -0.2) is 4.39 Å². The SMILES string of the molecule is Fc1cccc(Cl)c1OCc1c[c-]ccc1.[Zn+][Br]. The third-order valence-electron chi connectivity index (χ3n) is 2.07. The fraction of sp³-hybridized carbons (Fsp3) is 0.0769. The molecule has 0 atom stereocenters. The molecule has 0 aliphatic rings. The molecule has 0 unspecified atom stereocenters. The summed E-state index contributed by atoms with van der Waals surface area (Å²) in [5.74, 6) is -0.361. The molecule has 0 aliphatic heterocycles. The fourth-order valence-electron chi connectivity index (χ4n) is 1.30. The Morgan fingerprint density at radius 1 is 1.28 bits per heavy atom. The van der Waals surface area contributed by atoms with E-state index in [9.17, 15) is 4.39 Å². The molecule has 2 rings (SSSR count).